The standard InChI is InChI=1S/C6H11FO5/c7-3-5(10)4(9)2(1-8)12-6(3)11/h2-6,8-11H,1H2/t2?,3-,4+,5?,6?/m0/s1. The van der Waals surface area contributed by atoms with Crippen LogP contribution in [0.1, 0.15) is 0 Å². The number of aliphatic hydroxyl groups excluding tert-OH is 4. The molecule has 0 aromatic rings. The van der Waals surface area contributed by atoms with Crippen LogP contribution in [0.2, 0.25) is 0 Å². The third kappa shape index (κ3) is 1.57. The lowest BCUT2D eigenvalue weighted by atomic mass is 10.0. The van der Waals surface area contributed by atoms with Gasteiger partial charge in [-0.3, -0.25) is 0 Å². The fourth-order valence-corrected chi connectivity index (χ4v) is 1.06. The van der Waals surface area contributed by atoms with Crippen LogP contribution < -0.4 is 0 Å². The molecule has 1 aliphatic rings. The van der Waals surface area contributed by atoms with E-state index in [9.17, 15) is 4.39 Å². The van der Waals surface area contributed by atoms with Crippen molar-refractivity contribution in [3.8, 4) is 0 Å². The van der Waals surface area contributed by atoms with Crippen LogP contribution in [0.25, 0.3) is 0 Å². The molecule has 1 heterocycles. The first-order valence-electron chi connectivity index (χ1n) is 3.52. The quantitative estimate of drug-likeness (QED) is 0.368. The topological polar surface area (TPSA) is 90.2 Å². The Bertz CT molecular complexity index is 150. The minimum atomic E-state index is -2.04. The number of hydrogen-bond donors (Lipinski definition) is 4. The van der Waals surface area contributed by atoms with Gasteiger partial charge in [0, 0.05) is 0 Å². The maximum atomic E-state index is 12.7. The predicted octanol–water partition coefficient (Wildman–Crippen LogP) is -2.24. The average Bonchev–Trinajstić information content (AvgIpc) is 2.08. The van der Waals surface area contributed by atoms with Crippen LogP contribution in [0, 0.1) is 0 Å². The molecular weight excluding hydrogens is 171 g/mol. The van der Waals surface area contributed by atoms with Crippen LogP contribution in [0.3, 0.4) is 0 Å². The normalized spacial score (nSPS) is 49.2. The number of aliphatic hydroxyl groups is 4. The van der Waals surface area contributed by atoms with Gasteiger partial charge in [-0.15, -0.1) is 0 Å². The molecule has 1 saturated heterocycles. The number of halogens is 1. The zero-order chi connectivity index (χ0) is 9.30. The minimum absolute atomic E-state index is 0.581. The fourth-order valence-electron chi connectivity index (χ4n) is 1.06. The van der Waals surface area contributed by atoms with E-state index in [0.717, 1.165) is 0 Å². The summed E-state index contributed by atoms with van der Waals surface area (Å²) >= 11 is 0. The molecule has 3 unspecified atom stereocenters. The zero-order valence-corrected chi connectivity index (χ0v) is 6.17. The van der Waals surface area contributed by atoms with Crippen molar-refractivity contribution in [2.45, 2.75) is 30.8 Å². The van der Waals surface area contributed by atoms with Gasteiger partial charge in [-0.05, 0) is 0 Å². The third-order valence-electron chi connectivity index (χ3n) is 1.82. The molecule has 12 heavy (non-hydrogen) atoms. The molecule has 0 aliphatic carbocycles. The second kappa shape index (κ2) is 3.63. The molecule has 0 aromatic heterocycles. The highest BCUT2D eigenvalue weighted by molar-refractivity contribution is 4.88. The van der Waals surface area contributed by atoms with Crippen LogP contribution in [-0.2, 0) is 4.74 Å². The van der Waals surface area contributed by atoms with Gasteiger partial charge in [0.25, 0.3) is 0 Å². The number of rotatable bonds is 1. The van der Waals surface area contributed by atoms with Gasteiger partial charge in [0.2, 0.25) is 0 Å². The molecule has 6 heteroatoms. The molecule has 1 aliphatic heterocycles. The molecule has 1 rings (SSSR count). The molecule has 0 amide bonds. The highest BCUT2D eigenvalue weighted by Gasteiger charge is 2.43. The zero-order valence-electron chi connectivity index (χ0n) is 6.17. The van der Waals surface area contributed by atoms with Crippen molar-refractivity contribution < 1.29 is 29.6 Å². The number of alkyl halides is 1. The van der Waals surface area contributed by atoms with E-state index in [1.54, 1.807) is 0 Å². The first-order valence-corrected chi connectivity index (χ1v) is 3.52. The van der Waals surface area contributed by atoms with Crippen LogP contribution in [0.4, 0.5) is 4.39 Å². The second-order valence-electron chi connectivity index (χ2n) is 2.67. The summed E-state index contributed by atoms with van der Waals surface area (Å²) < 4.78 is 17.1. The third-order valence-corrected chi connectivity index (χ3v) is 1.82. The fraction of sp³-hybridized carbons (Fsp3) is 1.00. The molecule has 0 radical (unpaired) electrons. The Hall–Kier alpha value is -0.270. The lowest BCUT2D eigenvalue weighted by Gasteiger charge is -2.36. The number of ether oxygens (including phenoxy) is 1. The monoisotopic (exact) mass is 182 g/mol. The van der Waals surface area contributed by atoms with Crippen LogP contribution in [-0.4, -0.2) is 57.8 Å². The van der Waals surface area contributed by atoms with E-state index >= 15 is 0 Å². The summed E-state index contributed by atoms with van der Waals surface area (Å²) in [6.07, 6.45) is -8.19. The van der Waals surface area contributed by atoms with Gasteiger partial charge < -0.3 is 25.2 Å². The smallest absolute Gasteiger partial charge is 0.189 e. The Morgan fingerprint density at radius 2 is 1.75 bits per heavy atom. The van der Waals surface area contributed by atoms with Gasteiger partial charge in [-0.2, -0.15) is 0 Å². The molecular formula is C6H11FO5. The van der Waals surface area contributed by atoms with Crippen LogP contribution >= 0.6 is 0 Å². The van der Waals surface area contributed by atoms with Gasteiger partial charge in [0.1, 0.15) is 18.3 Å². The van der Waals surface area contributed by atoms with E-state index in [0.29, 0.717) is 0 Å². The summed E-state index contributed by atoms with van der Waals surface area (Å²) in [5.41, 5.74) is 0. The van der Waals surface area contributed by atoms with Gasteiger partial charge >= 0.3 is 0 Å². The molecule has 5 nitrogen and oxygen atoms in total. The Morgan fingerprint density at radius 1 is 1.17 bits per heavy atom. The summed E-state index contributed by atoms with van der Waals surface area (Å²) in [4.78, 5) is 0. The van der Waals surface area contributed by atoms with Crippen molar-refractivity contribution in [1.82, 2.24) is 0 Å². The molecule has 0 saturated carbocycles. The van der Waals surface area contributed by atoms with Crippen molar-refractivity contribution in [3.63, 3.8) is 0 Å². The second-order valence-corrected chi connectivity index (χ2v) is 2.67. The van der Waals surface area contributed by atoms with E-state index in [-0.39, 0.29) is 0 Å². The van der Waals surface area contributed by atoms with E-state index < -0.39 is 37.4 Å². The summed E-state index contributed by atoms with van der Waals surface area (Å²) in [5.74, 6) is 0. The van der Waals surface area contributed by atoms with Crippen LogP contribution in [0.5, 0.6) is 0 Å². The average molecular weight is 182 g/mol. The number of hydrogen-bond acceptors (Lipinski definition) is 5. The maximum Gasteiger partial charge on any atom is 0.189 e. The van der Waals surface area contributed by atoms with Gasteiger partial charge in [-0.25, -0.2) is 4.39 Å². The molecule has 0 spiro atoms. The summed E-state index contributed by atoms with van der Waals surface area (Å²) in [5, 5.41) is 35.3. The Kier molecular flexibility index (Phi) is 2.97. The van der Waals surface area contributed by atoms with Crippen molar-refractivity contribution in [2.75, 3.05) is 6.61 Å². The highest BCUT2D eigenvalue weighted by Crippen LogP contribution is 2.21. The van der Waals surface area contributed by atoms with Gasteiger partial charge in [0.15, 0.2) is 12.5 Å². The summed E-state index contributed by atoms with van der Waals surface area (Å²) in [7, 11) is 0. The van der Waals surface area contributed by atoms with Gasteiger partial charge in [0.05, 0.1) is 6.61 Å². The Labute approximate surface area is 68.0 Å². The first kappa shape index (κ1) is 9.82. The van der Waals surface area contributed by atoms with E-state index in [1.165, 1.54) is 0 Å². The largest absolute Gasteiger partial charge is 0.394 e. The molecule has 4 N–H and O–H groups in total. The summed E-state index contributed by atoms with van der Waals surface area (Å²) in [6.45, 7) is -0.581. The molecule has 0 aromatic carbocycles. The summed E-state index contributed by atoms with van der Waals surface area (Å²) in [6, 6.07) is 0. The molecule has 5 atom stereocenters. The van der Waals surface area contributed by atoms with Crippen molar-refractivity contribution in [1.29, 1.82) is 0 Å². The first-order chi connectivity index (χ1) is 5.57. The lowest BCUT2D eigenvalue weighted by molar-refractivity contribution is -0.271. The lowest BCUT2D eigenvalue weighted by Crippen LogP contribution is -2.56. The minimum Gasteiger partial charge on any atom is -0.394 e. The maximum absolute atomic E-state index is 12.7. The molecule has 72 valence electrons. The Morgan fingerprint density at radius 3 is 2.25 bits per heavy atom. The predicted molar refractivity (Wildman–Crippen MR) is 34.9 cm³/mol. The van der Waals surface area contributed by atoms with Crippen molar-refractivity contribution >= 4 is 0 Å². The van der Waals surface area contributed by atoms with E-state index in [4.69, 9.17) is 20.4 Å². The van der Waals surface area contributed by atoms with Crippen LogP contribution in [0.15, 0.2) is 0 Å². The highest BCUT2D eigenvalue weighted by atomic mass is 19.1. The molecule has 0 bridgehead atoms. The van der Waals surface area contributed by atoms with E-state index in [2.05, 4.69) is 4.74 Å². The van der Waals surface area contributed by atoms with Crippen molar-refractivity contribution in [3.05, 3.63) is 0 Å². The van der Waals surface area contributed by atoms with Crippen molar-refractivity contribution in [2.24, 2.45) is 0 Å². The molecule has 1 fully saturated rings. The SMILES string of the molecule is OCC1OC(O)[C@@H](F)C(O)[C@@H]1O. The van der Waals surface area contributed by atoms with Gasteiger partial charge in [-0.1, -0.05) is 0 Å². The Balaban J connectivity index is 2.63. The van der Waals surface area contributed by atoms with E-state index in [1.807, 2.05) is 0 Å².